The van der Waals surface area contributed by atoms with Crippen LogP contribution < -0.4 is 0 Å². The summed E-state index contributed by atoms with van der Waals surface area (Å²) >= 11 is 7.77. The number of rotatable bonds is 0. The molecule has 0 bridgehead atoms. The topological polar surface area (TPSA) is 30.7 Å². The molecule has 0 fully saturated rings. The van der Waals surface area contributed by atoms with E-state index in [0.717, 1.165) is 27.4 Å². The van der Waals surface area contributed by atoms with Crippen LogP contribution in [0.3, 0.4) is 0 Å². The molecule has 5 heteroatoms. The number of benzene rings is 1. The van der Waals surface area contributed by atoms with Crippen LogP contribution in [0, 0.1) is 0 Å². The van der Waals surface area contributed by atoms with Crippen LogP contribution in [0.15, 0.2) is 23.4 Å². The van der Waals surface area contributed by atoms with E-state index in [4.69, 9.17) is 11.6 Å². The van der Waals surface area contributed by atoms with Gasteiger partial charge in [0.1, 0.15) is 5.82 Å². The van der Waals surface area contributed by atoms with Crippen molar-refractivity contribution in [3.63, 3.8) is 0 Å². The van der Waals surface area contributed by atoms with E-state index < -0.39 is 0 Å². The van der Waals surface area contributed by atoms with Gasteiger partial charge in [-0.2, -0.15) is 0 Å². The third-order valence-corrected chi connectivity index (χ3v) is 4.16. The quantitative estimate of drug-likeness (QED) is 0.734. The van der Waals surface area contributed by atoms with Gasteiger partial charge in [0.2, 0.25) is 0 Å². The van der Waals surface area contributed by atoms with Gasteiger partial charge in [-0.1, -0.05) is 44.1 Å². The Hall–Kier alpha value is -1.000. The van der Waals surface area contributed by atoms with E-state index >= 15 is 0 Å². The largest absolute Gasteiger partial charge is 0.273 e. The molecule has 3 nitrogen and oxygen atoms in total. The zero-order chi connectivity index (χ0) is 12.9. The number of nitrogens with zero attached hydrogens (tertiary/aromatic N) is 3. The van der Waals surface area contributed by atoms with E-state index in [9.17, 15) is 0 Å². The third kappa shape index (κ3) is 1.84. The lowest BCUT2D eigenvalue weighted by atomic mass is 9.95. The van der Waals surface area contributed by atoms with Gasteiger partial charge in [0.25, 0.3) is 0 Å². The molecule has 2 aromatic rings. The van der Waals surface area contributed by atoms with Crippen molar-refractivity contribution in [3.05, 3.63) is 34.6 Å². The summed E-state index contributed by atoms with van der Waals surface area (Å²) in [5.41, 5.74) is 2.37. The Morgan fingerprint density at radius 3 is 2.78 bits per heavy atom. The molecule has 0 saturated carbocycles. The fraction of sp³-hybridized carbons (Fsp3) is 0.385. The average molecular weight is 280 g/mol. The van der Waals surface area contributed by atoms with Gasteiger partial charge < -0.3 is 0 Å². The van der Waals surface area contributed by atoms with Crippen molar-refractivity contribution in [1.29, 1.82) is 0 Å². The van der Waals surface area contributed by atoms with Gasteiger partial charge in [-0.15, -0.1) is 10.2 Å². The number of halogens is 1. The molecule has 0 amide bonds. The Bertz CT molecular complexity index is 613. The van der Waals surface area contributed by atoms with Gasteiger partial charge in [-0.05, 0) is 23.8 Å². The summed E-state index contributed by atoms with van der Waals surface area (Å²) in [7, 11) is 0. The zero-order valence-corrected chi connectivity index (χ0v) is 12.1. The molecule has 0 spiro atoms. The molecule has 1 aromatic carbocycles. The third-order valence-electron chi connectivity index (χ3n) is 2.94. The molecular formula is C13H14ClN3S. The maximum Gasteiger partial charge on any atom is 0.196 e. The summed E-state index contributed by atoms with van der Waals surface area (Å²) in [4.78, 5) is 0. The lowest BCUT2D eigenvalue weighted by Gasteiger charge is -2.24. The first-order valence-corrected chi connectivity index (χ1v) is 7.20. The molecule has 1 aromatic heterocycles. The van der Waals surface area contributed by atoms with Crippen molar-refractivity contribution in [1.82, 2.24) is 14.8 Å². The minimum atomic E-state index is -0.0277. The SMILES string of the molecule is CC(C)(C)c1nnc2n1-c1ccc(Cl)cc1CS2. The van der Waals surface area contributed by atoms with Gasteiger partial charge in [-0.3, -0.25) is 4.57 Å². The molecule has 0 radical (unpaired) electrons. The van der Waals surface area contributed by atoms with Crippen molar-refractivity contribution in [2.75, 3.05) is 0 Å². The molecule has 0 aliphatic carbocycles. The van der Waals surface area contributed by atoms with Gasteiger partial charge in [-0.25, -0.2) is 0 Å². The van der Waals surface area contributed by atoms with E-state index in [1.807, 2.05) is 12.1 Å². The molecule has 1 aliphatic rings. The highest BCUT2D eigenvalue weighted by molar-refractivity contribution is 7.98. The predicted molar refractivity (Wildman–Crippen MR) is 74.6 cm³/mol. The highest BCUT2D eigenvalue weighted by Gasteiger charge is 2.28. The van der Waals surface area contributed by atoms with E-state index in [1.54, 1.807) is 11.8 Å². The van der Waals surface area contributed by atoms with Crippen LogP contribution in [0.25, 0.3) is 5.69 Å². The molecule has 0 atom stereocenters. The second kappa shape index (κ2) is 4.00. The van der Waals surface area contributed by atoms with Crippen LogP contribution in [0.2, 0.25) is 5.02 Å². The van der Waals surface area contributed by atoms with Gasteiger partial charge in [0.05, 0.1) is 5.69 Å². The van der Waals surface area contributed by atoms with Crippen molar-refractivity contribution in [2.45, 2.75) is 37.1 Å². The number of hydrogen-bond acceptors (Lipinski definition) is 3. The lowest BCUT2D eigenvalue weighted by Crippen LogP contribution is -2.20. The Morgan fingerprint density at radius 2 is 2.06 bits per heavy atom. The Kier molecular flexibility index (Phi) is 2.68. The standard InChI is InChI=1S/C13H14ClN3S/c1-13(2,3)11-15-16-12-17(11)10-5-4-9(14)6-8(10)7-18-12/h4-6H,7H2,1-3H3. The maximum atomic E-state index is 6.06. The molecule has 2 heterocycles. The van der Waals surface area contributed by atoms with E-state index in [2.05, 4.69) is 41.6 Å². The van der Waals surface area contributed by atoms with E-state index in [1.165, 1.54) is 5.56 Å². The maximum absolute atomic E-state index is 6.06. The van der Waals surface area contributed by atoms with Crippen molar-refractivity contribution in [2.24, 2.45) is 0 Å². The van der Waals surface area contributed by atoms with Crippen LogP contribution >= 0.6 is 23.4 Å². The van der Waals surface area contributed by atoms with Gasteiger partial charge in [0, 0.05) is 16.2 Å². The summed E-state index contributed by atoms with van der Waals surface area (Å²) in [6.07, 6.45) is 0. The monoisotopic (exact) mass is 279 g/mol. The molecule has 94 valence electrons. The van der Waals surface area contributed by atoms with Crippen LogP contribution in [-0.2, 0) is 11.2 Å². The smallest absolute Gasteiger partial charge is 0.196 e. The van der Waals surface area contributed by atoms with Gasteiger partial charge in [0.15, 0.2) is 5.16 Å². The van der Waals surface area contributed by atoms with Crippen LogP contribution in [0.1, 0.15) is 32.2 Å². The normalized spacial score (nSPS) is 14.2. The van der Waals surface area contributed by atoms with Gasteiger partial charge >= 0.3 is 0 Å². The predicted octanol–water partition coefficient (Wildman–Crippen LogP) is 3.82. The highest BCUT2D eigenvalue weighted by Crippen LogP contribution is 2.37. The van der Waals surface area contributed by atoms with Crippen LogP contribution in [0.5, 0.6) is 0 Å². The lowest BCUT2D eigenvalue weighted by molar-refractivity contribution is 0.528. The second-order valence-corrected chi connectivity index (χ2v) is 6.83. The Labute approximate surface area is 116 Å². The number of thioether (sulfide) groups is 1. The second-order valence-electron chi connectivity index (χ2n) is 5.45. The van der Waals surface area contributed by atoms with Crippen LogP contribution in [0.4, 0.5) is 0 Å². The van der Waals surface area contributed by atoms with E-state index in [-0.39, 0.29) is 5.41 Å². The Balaban J connectivity index is 2.25. The Morgan fingerprint density at radius 1 is 1.28 bits per heavy atom. The summed E-state index contributed by atoms with van der Waals surface area (Å²) in [6.45, 7) is 6.46. The first-order valence-electron chi connectivity index (χ1n) is 5.84. The zero-order valence-electron chi connectivity index (χ0n) is 10.6. The van der Waals surface area contributed by atoms with E-state index in [0.29, 0.717) is 0 Å². The fourth-order valence-corrected chi connectivity index (χ4v) is 3.22. The first-order chi connectivity index (χ1) is 8.47. The summed E-state index contributed by atoms with van der Waals surface area (Å²) in [6, 6.07) is 6.01. The average Bonchev–Trinajstić information content (AvgIpc) is 2.71. The molecule has 0 saturated heterocycles. The highest BCUT2D eigenvalue weighted by atomic mass is 35.5. The summed E-state index contributed by atoms with van der Waals surface area (Å²) in [5, 5.41) is 10.4. The molecule has 3 rings (SSSR count). The van der Waals surface area contributed by atoms with Crippen molar-refractivity contribution < 1.29 is 0 Å². The van der Waals surface area contributed by atoms with Crippen molar-refractivity contribution in [3.8, 4) is 5.69 Å². The molecular weight excluding hydrogens is 266 g/mol. The summed E-state index contributed by atoms with van der Waals surface area (Å²) < 4.78 is 2.15. The van der Waals surface area contributed by atoms with Crippen LogP contribution in [-0.4, -0.2) is 14.8 Å². The minimum absolute atomic E-state index is 0.0277. The summed E-state index contributed by atoms with van der Waals surface area (Å²) in [5.74, 6) is 1.89. The number of aromatic nitrogens is 3. The van der Waals surface area contributed by atoms with Crippen molar-refractivity contribution >= 4 is 23.4 Å². The molecule has 1 aliphatic heterocycles. The first kappa shape index (κ1) is 12.1. The molecule has 18 heavy (non-hydrogen) atoms. The minimum Gasteiger partial charge on any atom is -0.273 e. The number of hydrogen-bond donors (Lipinski definition) is 0. The fourth-order valence-electron chi connectivity index (χ4n) is 2.10. The molecule has 0 unspecified atom stereocenters. The number of fused-ring (bicyclic) bond motifs is 3. The molecule has 0 N–H and O–H groups in total.